The van der Waals surface area contributed by atoms with Crippen LogP contribution in [0.15, 0.2) is 18.2 Å². The fourth-order valence-electron chi connectivity index (χ4n) is 2.76. The summed E-state index contributed by atoms with van der Waals surface area (Å²) in [5.74, 6) is 1.60. The number of amides is 2. The number of fused-ring (bicyclic) bond motifs is 1. The zero-order valence-corrected chi connectivity index (χ0v) is 14.8. The van der Waals surface area contributed by atoms with Crippen LogP contribution in [0.5, 0.6) is 5.75 Å². The number of methoxy groups -OCH3 is 3. The van der Waals surface area contributed by atoms with Gasteiger partial charge in [0.25, 0.3) is 5.91 Å². The van der Waals surface area contributed by atoms with Gasteiger partial charge in [0.15, 0.2) is 0 Å². The van der Waals surface area contributed by atoms with E-state index >= 15 is 0 Å². The molecule has 1 heterocycles. The predicted octanol–water partition coefficient (Wildman–Crippen LogP) is 0.595. The van der Waals surface area contributed by atoms with Crippen molar-refractivity contribution >= 4 is 18.0 Å². The van der Waals surface area contributed by atoms with Crippen molar-refractivity contribution in [3.63, 3.8) is 0 Å². The normalized spacial score (nSPS) is 15.2. The first-order valence-corrected chi connectivity index (χ1v) is 7.79. The van der Waals surface area contributed by atoms with E-state index < -0.39 is 17.6 Å². The molecule has 1 aliphatic rings. The second kappa shape index (κ2) is 7.78. The van der Waals surface area contributed by atoms with Crippen LogP contribution in [0.2, 0.25) is 0 Å². The maximum absolute atomic E-state index is 12.9. The minimum atomic E-state index is -1.85. The quantitative estimate of drug-likeness (QED) is 0.610. The van der Waals surface area contributed by atoms with Crippen LogP contribution in [0.25, 0.3) is 0 Å². The van der Waals surface area contributed by atoms with Crippen LogP contribution in [0.3, 0.4) is 0 Å². The number of nitrogens with zero attached hydrogens (tertiary/aromatic N) is 1. The van der Waals surface area contributed by atoms with Gasteiger partial charge in [-0.05, 0) is 24.1 Å². The van der Waals surface area contributed by atoms with Gasteiger partial charge < -0.3 is 19.1 Å². The largest absolute Gasteiger partial charge is 0.497 e. The average molecular weight is 360 g/mol. The lowest BCUT2D eigenvalue weighted by molar-refractivity contribution is -0.146. The molecule has 0 radical (unpaired) electrons. The van der Waals surface area contributed by atoms with Gasteiger partial charge in [-0.15, -0.1) is 6.42 Å². The number of hydrogen-bond donors (Lipinski definition) is 1. The van der Waals surface area contributed by atoms with E-state index in [0.717, 1.165) is 19.8 Å². The molecular weight excluding hydrogens is 340 g/mol. The Labute approximate surface area is 151 Å². The fraction of sp³-hybridized carbons (Fsp3) is 0.389. The number of nitrogens with one attached hydrogen (secondary N) is 1. The third-order valence-electron chi connectivity index (χ3n) is 4.19. The SMILES string of the molecule is C#CC(CN1CCc2ccc(OC)cc2C1=O)(NC(=O)OC)C(=O)OC. The molecule has 138 valence electrons. The Bertz CT molecular complexity index is 769. The van der Waals surface area contributed by atoms with Crippen molar-refractivity contribution in [2.45, 2.75) is 12.0 Å². The van der Waals surface area contributed by atoms with Crippen LogP contribution < -0.4 is 10.1 Å². The first-order valence-electron chi connectivity index (χ1n) is 7.79. The zero-order chi connectivity index (χ0) is 19.3. The van der Waals surface area contributed by atoms with E-state index in [1.54, 1.807) is 12.1 Å². The van der Waals surface area contributed by atoms with E-state index in [4.69, 9.17) is 15.9 Å². The molecule has 0 saturated carbocycles. The highest BCUT2D eigenvalue weighted by Gasteiger charge is 2.43. The number of benzene rings is 1. The van der Waals surface area contributed by atoms with Crippen molar-refractivity contribution in [2.75, 3.05) is 34.4 Å². The fourth-order valence-corrected chi connectivity index (χ4v) is 2.76. The summed E-state index contributed by atoms with van der Waals surface area (Å²) >= 11 is 0. The number of carbonyl (C=O) groups excluding carboxylic acids is 3. The smallest absolute Gasteiger partial charge is 0.408 e. The van der Waals surface area contributed by atoms with Crippen LogP contribution in [0.4, 0.5) is 4.79 Å². The lowest BCUT2D eigenvalue weighted by atomic mass is 9.94. The Morgan fingerprint density at radius 1 is 1.31 bits per heavy atom. The molecule has 1 aliphatic heterocycles. The first-order chi connectivity index (χ1) is 12.4. The number of esters is 1. The Hall–Kier alpha value is -3.21. The average Bonchev–Trinajstić information content (AvgIpc) is 2.68. The number of rotatable bonds is 5. The Morgan fingerprint density at radius 3 is 2.62 bits per heavy atom. The van der Waals surface area contributed by atoms with E-state index in [9.17, 15) is 14.4 Å². The highest BCUT2D eigenvalue weighted by Crippen LogP contribution is 2.25. The summed E-state index contributed by atoms with van der Waals surface area (Å²) in [6, 6.07) is 5.23. The van der Waals surface area contributed by atoms with Gasteiger partial charge in [0, 0.05) is 12.1 Å². The maximum Gasteiger partial charge on any atom is 0.408 e. The van der Waals surface area contributed by atoms with Crippen LogP contribution in [-0.2, 0) is 20.7 Å². The van der Waals surface area contributed by atoms with Crippen LogP contribution in [0, 0.1) is 12.3 Å². The number of hydrogen-bond acceptors (Lipinski definition) is 6. The highest BCUT2D eigenvalue weighted by molar-refractivity contribution is 5.98. The Morgan fingerprint density at radius 2 is 2.04 bits per heavy atom. The minimum Gasteiger partial charge on any atom is -0.497 e. The van der Waals surface area contributed by atoms with Crippen molar-refractivity contribution in [1.29, 1.82) is 0 Å². The topological polar surface area (TPSA) is 94.2 Å². The van der Waals surface area contributed by atoms with Gasteiger partial charge in [0.1, 0.15) is 5.75 Å². The molecule has 1 N–H and O–H groups in total. The molecule has 8 nitrogen and oxygen atoms in total. The van der Waals surface area contributed by atoms with Gasteiger partial charge in [-0.1, -0.05) is 12.0 Å². The molecule has 1 atom stereocenters. The molecule has 0 fully saturated rings. The van der Waals surface area contributed by atoms with Crippen LogP contribution in [-0.4, -0.2) is 62.8 Å². The summed E-state index contributed by atoms with van der Waals surface area (Å²) in [6.07, 6.45) is 5.18. The van der Waals surface area contributed by atoms with Crippen LogP contribution in [0.1, 0.15) is 15.9 Å². The summed E-state index contributed by atoms with van der Waals surface area (Å²) in [6.45, 7) is 0.0855. The van der Waals surface area contributed by atoms with E-state index in [1.165, 1.54) is 12.0 Å². The van der Waals surface area contributed by atoms with Gasteiger partial charge in [-0.2, -0.15) is 0 Å². The van der Waals surface area contributed by atoms with Crippen LogP contribution >= 0.6 is 0 Å². The van der Waals surface area contributed by atoms with Crippen molar-refractivity contribution in [3.05, 3.63) is 29.3 Å². The highest BCUT2D eigenvalue weighted by atomic mass is 16.5. The molecule has 2 rings (SSSR count). The van der Waals surface area contributed by atoms with Gasteiger partial charge >= 0.3 is 12.1 Å². The molecule has 1 unspecified atom stereocenters. The van der Waals surface area contributed by atoms with Crippen molar-refractivity contribution in [2.24, 2.45) is 0 Å². The molecule has 0 bridgehead atoms. The number of ether oxygens (including phenoxy) is 3. The van der Waals surface area contributed by atoms with Gasteiger partial charge in [0.05, 0.1) is 27.9 Å². The molecular formula is C18H20N2O6. The second-order valence-electron chi connectivity index (χ2n) is 5.66. The van der Waals surface area contributed by atoms with Crippen molar-refractivity contribution in [1.82, 2.24) is 10.2 Å². The summed E-state index contributed by atoms with van der Waals surface area (Å²) < 4.78 is 14.4. The summed E-state index contributed by atoms with van der Waals surface area (Å²) in [5.41, 5.74) is -0.518. The Kier molecular flexibility index (Phi) is 5.72. The lowest BCUT2D eigenvalue weighted by Gasteiger charge is -2.35. The third kappa shape index (κ3) is 3.57. The Balaban J connectivity index is 2.34. The van der Waals surface area contributed by atoms with E-state index in [2.05, 4.69) is 16.0 Å². The van der Waals surface area contributed by atoms with Crippen molar-refractivity contribution < 1.29 is 28.6 Å². The lowest BCUT2D eigenvalue weighted by Crippen LogP contribution is -2.61. The molecule has 0 spiro atoms. The summed E-state index contributed by atoms with van der Waals surface area (Å²) in [5, 5.41) is 2.30. The van der Waals surface area contributed by atoms with E-state index in [1.807, 2.05) is 6.07 Å². The molecule has 0 aromatic heterocycles. The van der Waals surface area contributed by atoms with Gasteiger partial charge in [-0.25, -0.2) is 9.59 Å². The number of alkyl carbamates (subject to hydrolysis) is 1. The molecule has 1 aromatic rings. The number of terminal acetylenes is 1. The molecule has 2 amide bonds. The minimum absolute atomic E-state index is 0.249. The van der Waals surface area contributed by atoms with Gasteiger partial charge in [-0.3, -0.25) is 10.1 Å². The summed E-state index contributed by atoms with van der Waals surface area (Å²) in [4.78, 5) is 38.2. The van der Waals surface area contributed by atoms with Gasteiger partial charge in [0.2, 0.25) is 5.54 Å². The molecule has 8 heteroatoms. The first kappa shape index (κ1) is 19.1. The molecule has 0 saturated heterocycles. The van der Waals surface area contributed by atoms with E-state index in [0.29, 0.717) is 24.3 Å². The second-order valence-corrected chi connectivity index (χ2v) is 5.66. The maximum atomic E-state index is 12.9. The zero-order valence-electron chi connectivity index (χ0n) is 14.8. The monoisotopic (exact) mass is 360 g/mol. The standard InChI is InChI=1S/C18H20N2O6/c1-5-18(16(22)25-3,19-17(23)26-4)11-20-9-8-12-6-7-13(24-2)10-14(12)15(20)21/h1,6-7,10H,8-9,11H2,2-4H3,(H,19,23). The summed E-state index contributed by atoms with van der Waals surface area (Å²) in [7, 11) is 3.79. The number of carbonyl (C=O) groups is 3. The van der Waals surface area contributed by atoms with Crippen molar-refractivity contribution in [3.8, 4) is 18.1 Å². The molecule has 26 heavy (non-hydrogen) atoms. The third-order valence-corrected chi connectivity index (χ3v) is 4.19. The molecule has 0 aliphatic carbocycles. The van der Waals surface area contributed by atoms with E-state index in [-0.39, 0.29) is 12.5 Å². The predicted molar refractivity (Wildman–Crippen MR) is 91.7 cm³/mol. The molecule has 1 aromatic carbocycles.